The normalized spacial score (nSPS) is 11.9. The van der Waals surface area contributed by atoms with Crippen molar-refractivity contribution >= 4 is 11.9 Å². The first-order chi connectivity index (χ1) is 12.6. The van der Waals surface area contributed by atoms with E-state index in [4.69, 9.17) is 5.73 Å². The standard InChI is InChI=1S/C19H20FN5O/c20-16-9-5-4-8-14(16)15(13-6-2-1-3-7-13)12-18(26)22-11-10-17-23-19(21)25-24-17/h1-9,15H,10-12H2,(H,22,26)(H3,21,23,24,25)/t15-/m0/s1. The van der Waals surface area contributed by atoms with Gasteiger partial charge >= 0.3 is 0 Å². The minimum absolute atomic E-state index is 0.156. The third kappa shape index (κ3) is 4.44. The molecule has 3 rings (SSSR count). The van der Waals surface area contributed by atoms with Crippen LogP contribution in [0.5, 0.6) is 0 Å². The Balaban J connectivity index is 1.67. The maximum absolute atomic E-state index is 14.3. The van der Waals surface area contributed by atoms with Crippen molar-refractivity contribution in [3.63, 3.8) is 0 Å². The summed E-state index contributed by atoms with van der Waals surface area (Å²) in [6.45, 7) is 0.395. The number of carbonyl (C=O) groups is 1. The Bertz CT molecular complexity index is 865. The molecule has 1 amide bonds. The molecule has 0 aliphatic heterocycles. The SMILES string of the molecule is Nc1n[nH]c(CCNC(=O)C[C@@H](c2ccccc2)c2ccccc2F)n1. The van der Waals surface area contributed by atoms with Gasteiger partial charge < -0.3 is 11.1 Å². The summed E-state index contributed by atoms with van der Waals surface area (Å²) in [7, 11) is 0. The van der Waals surface area contributed by atoms with Crippen LogP contribution in [0.3, 0.4) is 0 Å². The zero-order valence-electron chi connectivity index (χ0n) is 14.2. The molecule has 0 saturated heterocycles. The Hall–Kier alpha value is -3.22. The van der Waals surface area contributed by atoms with Crippen molar-refractivity contribution in [3.8, 4) is 0 Å². The number of nitrogens with two attached hydrogens (primary N) is 1. The molecule has 4 N–H and O–H groups in total. The van der Waals surface area contributed by atoms with Gasteiger partial charge in [-0.1, -0.05) is 48.5 Å². The van der Waals surface area contributed by atoms with Crippen LogP contribution in [-0.4, -0.2) is 27.6 Å². The van der Waals surface area contributed by atoms with E-state index in [2.05, 4.69) is 20.5 Å². The minimum atomic E-state index is -0.349. The van der Waals surface area contributed by atoms with Gasteiger partial charge in [0, 0.05) is 25.3 Å². The van der Waals surface area contributed by atoms with Crippen LogP contribution < -0.4 is 11.1 Å². The van der Waals surface area contributed by atoms with Gasteiger partial charge in [-0.3, -0.25) is 9.89 Å². The van der Waals surface area contributed by atoms with Crippen molar-refractivity contribution in [2.45, 2.75) is 18.8 Å². The number of carbonyl (C=O) groups excluding carboxylic acids is 1. The molecule has 0 fully saturated rings. The van der Waals surface area contributed by atoms with Gasteiger partial charge in [0.25, 0.3) is 0 Å². The molecule has 2 aromatic carbocycles. The second kappa shape index (κ2) is 8.24. The molecule has 0 unspecified atom stereocenters. The molecule has 0 saturated carbocycles. The van der Waals surface area contributed by atoms with Crippen molar-refractivity contribution in [1.29, 1.82) is 0 Å². The number of amides is 1. The van der Waals surface area contributed by atoms with Crippen LogP contribution in [-0.2, 0) is 11.2 Å². The summed E-state index contributed by atoms with van der Waals surface area (Å²) in [6.07, 6.45) is 0.648. The summed E-state index contributed by atoms with van der Waals surface area (Å²) in [5.41, 5.74) is 6.85. The van der Waals surface area contributed by atoms with E-state index in [0.29, 0.717) is 24.4 Å². The number of nitrogens with zero attached hydrogens (tertiary/aromatic N) is 2. The Morgan fingerprint density at radius 1 is 1.15 bits per heavy atom. The van der Waals surface area contributed by atoms with Crippen LogP contribution >= 0.6 is 0 Å². The van der Waals surface area contributed by atoms with Crippen LogP contribution in [0.1, 0.15) is 29.3 Å². The number of nitrogen functional groups attached to an aromatic ring is 1. The highest BCUT2D eigenvalue weighted by atomic mass is 19.1. The highest BCUT2D eigenvalue weighted by Gasteiger charge is 2.20. The molecule has 1 aromatic heterocycles. The van der Waals surface area contributed by atoms with E-state index in [1.165, 1.54) is 6.07 Å². The molecular weight excluding hydrogens is 333 g/mol. The van der Waals surface area contributed by atoms with E-state index in [1.807, 2.05) is 30.3 Å². The molecule has 7 heteroatoms. The van der Waals surface area contributed by atoms with Crippen LogP contribution in [0.25, 0.3) is 0 Å². The first-order valence-electron chi connectivity index (χ1n) is 8.36. The van der Waals surface area contributed by atoms with E-state index in [9.17, 15) is 9.18 Å². The topological polar surface area (TPSA) is 96.7 Å². The molecule has 1 atom stereocenters. The predicted molar refractivity (Wildman–Crippen MR) is 96.8 cm³/mol. The summed E-state index contributed by atoms with van der Waals surface area (Å²) < 4.78 is 14.3. The third-order valence-electron chi connectivity index (χ3n) is 4.11. The molecule has 0 bridgehead atoms. The van der Waals surface area contributed by atoms with E-state index in [-0.39, 0.29) is 30.0 Å². The Morgan fingerprint density at radius 2 is 1.88 bits per heavy atom. The van der Waals surface area contributed by atoms with Crippen molar-refractivity contribution in [3.05, 3.63) is 77.4 Å². The molecule has 0 aliphatic carbocycles. The summed E-state index contributed by atoms with van der Waals surface area (Å²) in [4.78, 5) is 16.4. The molecule has 3 aromatic rings. The number of H-pyrrole nitrogens is 1. The van der Waals surface area contributed by atoms with Gasteiger partial charge in [0.1, 0.15) is 11.6 Å². The van der Waals surface area contributed by atoms with Gasteiger partial charge in [0.15, 0.2) is 0 Å². The van der Waals surface area contributed by atoms with E-state index in [1.54, 1.807) is 18.2 Å². The Morgan fingerprint density at radius 3 is 2.58 bits per heavy atom. The molecule has 0 aliphatic rings. The van der Waals surface area contributed by atoms with Crippen molar-refractivity contribution in [2.75, 3.05) is 12.3 Å². The minimum Gasteiger partial charge on any atom is -0.367 e. The monoisotopic (exact) mass is 353 g/mol. The first-order valence-corrected chi connectivity index (χ1v) is 8.36. The van der Waals surface area contributed by atoms with Crippen molar-refractivity contribution < 1.29 is 9.18 Å². The van der Waals surface area contributed by atoms with Gasteiger partial charge in [-0.2, -0.15) is 4.98 Å². The number of hydrogen-bond acceptors (Lipinski definition) is 4. The number of rotatable bonds is 7. The number of anilines is 1. The maximum atomic E-state index is 14.3. The number of nitrogens with one attached hydrogen (secondary N) is 2. The molecule has 0 spiro atoms. The highest BCUT2D eigenvalue weighted by Crippen LogP contribution is 2.29. The lowest BCUT2D eigenvalue weighted by Gasteiger charge is -2.18. The van der Waals surface area contributed by atoms with Crippen molar-refractivity contribution in [2.24, 2.45) is 0 Å². The quantitative estimate of drug-likeness (QED) is 0.608. The number of halogens is 1. The van der Waals surface area contributed by atoms with Gasteiger partial charge in [0.2, 0.25) is 11.9 Å². The zero-order valence-corrected chi connectivity index (χ0v) is 14.2. The van der Waals surface area contributed by atoms with Crippen molar-refractivity contribution in [1.82, 2.24) is 20.5 Å². The number of hydrogen-bond donors (Lipinski definition) is 3. The highest BCUT2D eigenvalue weighted by molar-refractivity contribution is 5.77. The predicted octanol–water partition coefficient (Wildman–Crippen LogP) is 2.41. The lowest BCUT2D eigenvalue weighted by atomic mass is 9.88. The largest absolute Gasteiger partial charge is 0.367 e. The van der Waals surface area contributed by atoms with Crippen LogP contribution in [0.2, 0.25) is 0 Å². The molecule has 134 valence electrons. The Kier molecular flexibility index (Phi) is 5.58. The lowest BCUT2D eigenvalue weighted by Crippen LogP contribution is -2.27. The zero-order chi connectivity index (χ0) is 18.4. The summed E-state index contributed by atoms with van der Waals surface area (Å²) in [6, 6.07) is 16.0. The smallest absolute Gasteiger partial charge is 0.239 e. The first kappa shape index (κ1) is 17.6. The number of benzene rings is 2. The Labute approximate surface area is 150 Å². The number of aromatic nitrogens is 3. The van der Waals surface area contributed by atoms with Gasteiger partial charge in [-0.15, -0.1) is 5.10 Å². The fourth-order valence-corrected chi connectivity index (χ4v) is 2.85. The average Bonchev–Trinajstić information content (AvgIpc) is 3.06. The van der Waals surface area contributed by atoms with E-state index in [0.717, 1.165) is 5.56 Å². The molecule has 0 radical (unpaired) electrons. The molecular formula is C19H20FN5O. The van der Waals surface area contributed by atoms with Crippen LogP contribution in [0, 0.1) is 5.82 Å². The van der Waals surface area contributed by atoms with E-state index < -0.39 is 0 Å². The lowest BCUT2D eigenvalue weighted by molar-refractivity contribution is -0.121. The molecule has 26 heavy (non-hydrogen) atoms. The fraction of sp³-hybridized carbons (Fsp3) is 0.211. The maximum Gasteiger partial charge on any atom is 0.239 e. The molecule has 6 nitrogen and oxygen atoms in total. The fourth-order valence-electron chi connectivity index (χ4n) is 2.85. The van der Waals surface area contributed by atoms with Crippen LogP contribution in [0.4, 0.5) is 10.3 Å². The molecule has 1 heterocycles. The second-order valence-corrected chi connectivity index (χ2v) is 5.93. The summed E-state index contributed by atoms with van der Waals surface area (Å²) in [5.74, 6) is -0.0364. The van der Waals surface area contributed by atoms with Gasteiger partial charge in [0.05, 0.1) is 0 Å². The van der Waals surface area contributed by atoms with Gasteiger partial charge in [-0.05, 0) is 17.2 Å². The van der Waals surface area contributed by atoms with E-state index >= 15 is 0 Å². The van der Waals surface area contributed by atoms with Crippen LogP contribution in [0.15, 0.2) is 54.6 Å². The second-order valence-electron chi connectivity index (χ2n) is 5.93. The van der Waals surface area contributed by atoms with Gasteiger partial charge in [-0.25, -0.2) is 4.39 Å². The average molecular weight is 353 g/mol. The number of aromatic amines is 1. The summed E-state index contributed by atoms with van der Waals surface area (Å²) in [5, 5.41) is 9.27. The third-order valence-corrected chi connectivity index (χ3v) is 4.11. The summed E-state index contributed by atoms with van der Waals surface area (Å²) >= 11 is 0.